The average molecular weight is 251 g/mol. The van der Waals surface area contributed by atoms with Crippen molar-refractivity contribution in [2.45, 2.75) is 25.1 Å². The summed E-state index contributed by atoms with van der Waals surface area (Å²) in [5, 5.41) is 8.92. The summed E-state index contributed by atoms with van der Waals surface area (Å²) in [6.07, 6.45) is -4.82. The molecule has 0 aliphatic carbocycles. The van der Waals surface area contributed by atoms with Gasteiger partial charge in [-0.2, -0.15) is 13.2 Å². The first-order valence-corrected chi connectivity index (χ1v) is 4.91. The van der Waals surface area contributed by atoms with E-state index in [0.717, 1.165) is 12.1 Å². The second-order valence-corrected chi connectivity index (χ2v) is 4.29. The lowest BCUT2D eigenvalue weighted by atomic mass is 9.91. The minimum Gasteiger partial charge on any atom is -0.394 e. The summed E-state index contributed by atoms with van der Waals surface area (Å²) in [4.78, 5) is 0. The molecule has 96 valence electrons. The molecule has 1 aromatic rings. The van der Waals surface area contributed by atoms with E-state index >= 15 is 0 Å². The van der Waals surface area contributed by atoms with Crippen molar-refractivity contribution in [3.63, 3.8) is 0 Å². The Morgan fingerprint density at radius 1 is 1.29 bits per heavy atom. The van der Waals surface area contributed by atoms with Crippen LogP contribution in [0.15, 0.2) is 18.2 Å². The molecule has 0 fully saturated rings. The van der Waals surface area contributed by atoms with Crippen LogP contribution in [-0.2, 0) is 12.6 Å². The standard InChI is InChI=1S/C11H13F4NO/c1-10(16,6-17)5-7-2-3-8(12)4-9(7)11(13,14)15/h2-4,17H,5-6,16H2,1H3. The monoisotopic (exact) mass is 251 g/mol. The molecule has 0 spiro atoms. The van der Waals surface area contributed by atoms with Gasteiger partial charge < -0.3 is 10.8 Å². The number of nitrogens with two attached hydrogens (primary N) is 1. The molecule has 17 heavy (non-hydrogen) atoms. The third kappa shape index (κ3) is 3.67. The number of alkyl halides is 3. The molecule has 0 heterocycles. The van der Waals surface area contributed by atoms with Gasteiger partial charge in [-0.25, -0.2) is 4.39 Å². The maximum absolute atomic E-state index is 12.8. The Balaban J connectivity index is 3.16. The Kier molecular flexibility index (Phi) is 3.78. The number of rotatable bonds is 3. The summed E-state index contributed by atoms with van der Waals surface area (Å²) in [7, 11) is 0. The summed E-state index contributed by atoms with van der Waals surface area (Å²) in [5.41, 5.74) is 3.24. The highest BCUT2D eigenvalue weighted by atomic mass is 19.4. The summed E-state index contributed by atoms with van der Waals surface area (Å²) >= 11 is 0. The van der Waals surface area contributed by atoms with Crippen molar-refractivity contribution in [3.8, 4) is 0 Å². The Labute approximate surface area is 96.1 Å². The van der Waals surface area contributed by atoms with E-state index in [0.29, 0.717) is 6.07 Å². The second-order valence-electron chi connectivity index (χ2n) is 4.29. The molecule has 1 unspecified atom stereocenters. The average Bonchev–Trinajstić information content (AvgIpc) is 2.19. The normalized spacial score (nSPS) is 15.7. The maximum atomic E-state index is 12.8. The summed E-state index contributed by atoms with van der Waals surface area (Å²) in [6.45, 7) is 0.970. The van der Waals surface area contributed by atoms with Crippen molar-refractivity contribution < 1.29 is 22.7 Å². The van der Waals surface area contributed by atoms with Crippen LogP contribution in [0.25, 0.3) is 0 Å². The quantitative estimate of drug-likeness (QED) is 0.808. The molecule has 1 atom stereocenters. The molecule has 6 heteroatoms. The lowest BCUT2D eigenvalue weighted by molar-refractivity contribution is -0.138. The van der Waals surface area contributed by atoms with E-state index in [1.807, 2.05) is 0 Å². The van der Waals surface area contributed by atoms with Crippen molar-refractivity contribution in [1.82, 2.24) is 0 Å². The first-order valence-electron chi connectivity index (χ1n) is 4.91. The predicted octanol–water partition coefficient (Wildman–Crippen LogP) is 2.10. The van der Waals surface area contributed by atoms with Crippen LogP contribution < -0.4 is 5.73 Å². The van der Waals surface area contributed by atoms with Crippen molar-refractivity contribution in [2.75, 3.05) is 6.61 Å². The highest BCUT2D eigenvalue weighted by Gasteiger charge is 2.35. The molecular formula is C11H13F4NO. The topological polar surface area (TPSA) is 46.2 Å². The molecule has 1 aromatic carbocycles. The van der Waals surface area contributed by atoms with Gasteiger partial charge in [0, 0.05) is 5.54 Å². The number of halogens is 4. The van der Waals surface area contributed by atoms with E-state index in [1.165, 1.54) is 6.92 Å². The minimum atomic E-state index is -4.64. The molecule has 3 N–H and O–H groups in total. The van der Waals surface area contributed by atoms with E-state index in [2.05, 4.69) is 0 Å². The van der Waals surface area contributed by atoms with Gasteiger partial charge in [-0.15, -0.1) is 0 Å². The highest BCUT2D eigenvalue weighted by Crippen LogP contribution is 2.33. The van der Waals surface area contributed by atoms with Gasteiger partial charge in [0.1, 0.15) is 5.82 Å². The minimum absolute atomic E-state index is 0.127. The summed E-state index contributed by atoms with van der Waals surface area (Å²) in [6, 6.07) is 2.42. The van der Waals surface area contributed by atoms with E-state index in [9.17, 15) is 17.6 Å². The molecule has 0 aliphatic heterocycles. The van der Waals surface area contributed by atoms with Crippen molar-refractivity contribution in [1.29, 1.82) is 0 Å². The van der Waals surface area contributed by atoms with Gasteiger partial charge in [0.05, 0.1) is 12.2 Å². The molecule has 0 saturated carbocycles. The fourth-order valence-corrected chi connectivity index (χ4v) is 1.46. The number of aliphatic hydroxyl groups is 1. The smallest absolute Gasteiger partial charge is 0.394 e. The molecule has 0 saturated heterocycles. The Morgan fingerprint density at radius 2 is 1.88 bits per heavy atom. The fraction of sp³-hybridized carbons (Fsp3) is 0.455. The van der Waals surface area contributed by atoms with Crippen molar-refractivity contribution >= 4 is 0 Å². The molecule has 0 aliphatic rings. The molecule has 0 amide bonds. The number of aliphatic hydroxyl groups excluding tert-OH is 1. The number of hydrogen-bond acceptors (Lipinski definition) is 2. The zero-order valence-corrected chi connectivity index (χ0v) is 9.18. The van der Waals surface area contributed by atoms with Gasteiger partial charge in [-0.05, 0) is 31.0 Å². The first kappa shape index (κ1) is 13.9. The molecule has 0 radical (unpaired) electrons. The van der Waals surface area contributed by atoms with Gasteiger partial charge in [0.2, 0.25) is 0 Å². The zero-order valence-electron chi connectivity index (χ0n) is 9.18. The van der Waals surface area contributed by atoms with E-state index < -0.39 is 29.7 Å². The summed E-state index contributed by atoms with van der Waals surface area (Å²) < 4.78 is 50.7. The summed E-state index contributed by atoms with van der Waals surface area (Å²) in [5.74, 6) is -0.955. The van der Waals surface area contributed by atoms with Crippen molar-refractivity contribution in [3.05, 3.63) is 35.1 Å². The van der Waals surface area contributed by atoms with Crippen LogP contribution in [0.3, 0.4) is 0 Å². The SMILES string of the molecule is CC(N)(CO)Cc1ccc(F)cc1C(F)(F)F. The van der Waals surface area contributed by atoms with Gasteiger partial charge in [0.15, 0.2) is 0 Å². The Bertz CT molecular complexity index is 401. The first-order chi connectivity index (χ1) is 7.65. The lowest BCUT2D eigenvalue weighted by Gasteiger charge is -2.23. The van der Waals surface area contributed by atoms with E-state index in [1.54, 1.807) is 0 Å². The second kappa shape index (κ2) is 4.62. The zero-order chi connectivity index (χ0) is 13.3. The molecular weight excluding hydrogens is 238 g/mol. The fourth-order valence-electron chi connectivity index (χ4n) is 1.46. The van der Waals surface area contributed by atoms with Crippen LogP contribution in [0.4, 0.5) is 17.6 Å². The van der Waals surface area contributed by atoms with Crippen LogP contribution in [0.2, 0.25) is 0 Å². The Morgan fingerprint density at radius 3 is 2.35 bits per heavy atom. The van der Waals surface area contributed by atoms with Crippen molar-refractivity contribution in [2.24, 2.45) is 5.73 Å². The number of hydrogen-bond donors (Lipinski definition) is 2. The van der Waals surface area contributed by atoms with E-state index in [4.69, 9.17) is 10.8 Å². The van der Waals surface area contributed by atoms with Gasteiger partial charge in [-0.1, -0.05) is 6.07 Å². The van der Waals surface area contributed by atoms with Crippen LogP contribution >= 0.6 is 0 Å². The molecule has 1 rings (SSSR count). The highest BCUT2D eigenvalue weighted by molar-refractivity contribution is 5.31. The van der Waals surface area contributed by atoms with Crippen LogP contribution in [0.1, 0.15) is 18.1 Å². The molecule has 2 nitrogen and oxygen atoms in total. The van der Waals surface area contributed by atoms with Gasteiger partial charge in [-0.3, -0.25) is 0 Å². The van der Waals surface area contributed by atoms with Crippen LogP contribution in [0, 0.1) is 5.82 Å². The van der Waals surface area contributed by atoms with Gasteiger partial charge >= 0.3 is 6.18 Å². The third-order valence-corrected chi connectivity index (χ3v) is 2.33. The predicted molar refractivity (Wildman–Crippen MR) is 54.8 cm³/mol. The Hall–Kier alpha value is -1.14. The molecule has 0 bridgehead atoms. The number of benzene rings is 1. The largest absolute Gasteiger partial charge is 0.416 e. The third-order valence-electron chi connectivity index (χ3n) is 2.33. The van der Waals surface area contributed by atoms with E-state index in [-0.39, 0.29) is 12.0 Å². The lowest BCUT2D eigenvalue weighted by Crippen LogP contribution is -2.42. The van der Waals surface area contributed by atoms with Crippen LogP contribution in [0.5, 0.6) is 0 Å². The molecule has 0 aromatic heterocycles. The van der Waals surface area contributed by atoms with Crippen LogP contribution in [-0.4, -0.2) is 17.3 Å². The maximum Gasteiger partial charge on any atom is 0.416 e. The van der Waals surface area contributed by atoms with Gasteiger partial charge in [0.25, 0.3) is 0 Å².